The first-order valence-electron chi connectivity index (χ1n) is 5.50. The fourth-order valence-electron chi connectivity index (χ4n) is 1.39. The van der Waals surface area contributed by atoms with Gasteiger partial charge < -0.3 is 4.98 Å². The topological polar surface area (TPSA) is 62.8 Å². The van der Waals surface area contributed by atoms with Gasteiger partial charge in [0.1, 0.15) is 0 Å². The van der Waals surface area contributed by atoms with Crippen molar-refractivity contribution in [3.63, 3.8) is 0 Å². The van der Waals surface area contributed by atoms with Gasteiger partial charge in [0.25, 0.3) is 5.56 Å². The van der Waals surface area contributed by atoms with Gasteiger partial charge in [0.15, 0.2) is 10.9 Å². The van der Waals surface area contributed by atoms with Gasteiger partial charge in [-0.15, -0.1) is 11.3 Å². The van der Waals surface area contributed by atoms with Crippen molar-refractivity contribution in [1.29, 1.82) is 0 Å². The highest BCUT2D eigenvalue weighted by molar-refractivity contribution is 7.99. The maximum atomic E-state index is 11.7. The van der Waals surface area contributed by atoms with Crippen LogP contribution in [-0.2, 0) is 0 Å². The van der Waals surface area contributed by atoms with E-state index in [0.717, 1.165) is 17.1 Å². The van der Waals surface area contributed by atoms with Crippen LogP contribution >= 0.6 is 23.1 Å². The lowest BCUT2D eigenvalue weighted by Gasteiger charge is -1.99. The molecule has 0 radical (unpaired) electrons. The van der Waals surface area contributed by atoms with E-state index in [4.69, 9.17) is 0 Å². The van der Waals surface area contributed by atoms with Crippen molar-refractivity contribution in [3.05, 3.63) is 45.0 Å². The molecule has 2 heterocycles. The van der Waals surface area contributed by atoms with E-state index < -0.39 is 0 Å². The number of rotatable bonds is 6. The summed E-state index contributed by atoms with van der Waals surface area (Å²) in [5.74, 6) is 0.949. The molecule has 0 aromatic carbocycles. The first kappa shape index (κ1) is 13.0. The smallest absolute Gasteiger partial charge is 0.251 e. The molecular formula is C12H12N2O2S2. The molecule has 0 atom stereocenters. The molecule has 0 aliphatic heterocycles. The third-order valence-corrected chi connectivity index (χ3v) is 4.12. The Morgan fingerprint density at radius 3 is 3.06 bits per heavy atom. The molecule has 1 N–H and O–H groups in total. The molecule has 18 heavy (non-hydrogen) atoms. The van der Waals surface area contributed by atoms with Gasteiger partial charge in [-0.2, -0.15) is 0 Å². The maximum Gasteiger partial charge on any atom is 0.251 e. The first-order valence-corrected chi connectivity index (χ1v) is 7.37. The number of nitrogens with one attached hydrogen (secondary N) is 1. The predicted octanol–water partition coefficient (Wildman–Crippen LogP) is 2.59. The Balaban J connectivity index is 1.73. The maximum absolute atomic E-state index is 11.7. The lowest BCUT2D eigenvalue weighted by Crippen LogP contribution is -2.05. The molecule has 0 bridgehead atoms. The lowest BCUT2D eigenvalue weighted by atomic mass is 10.2. The number of carbonyl (C=O) groups is 1. The largest absolute Gasteiger partial charge is 0.301 e. The highest BCUT2D eigenvalue weighted by Crippen LogP contribution is 2.16. The summed E-state index contributed by atoms with van der Waals surface area (Å²) < 4.78 is 0. The number of aromatic amines is 1. The van der Waals surface area contributed by atoms with Crippen LogP contribution in [0.4, 0.5) is 0 Å². The van der Waals surface area contributed by atoms with Crippen molar-refractivity contribution in [2.45, 2.75) is 18.0 Å². The van der Waals surface area contributed by atoms with Crippen molar-refractivity contribution >= 4 is 28.9 Å². The summed E-state index contributed by atoms with van der Waals surface area (Å²) >= 11 is 2.93. The van der Waals surface area contributed by atoms with E-state index in [2.05, 4.69) is 9.97 Å². The molecule has 0 saturated heterocycles. The van der Waals surface area contributed by atoms with Gasteiger partial charge in [-0.3, -0.25) is 9.59 Å². The Labute approximate surface area is 112 Å². The van der Waals surface area contributed by atoms with E-state index in [1.807, 2.05) is 17.5 Å². The Morgan fingerprint density at radius 1 is 1.44 bits per heavy atom. The van der Waals surface area contributed by atoms with Crippen LogP contribution in [0.2, 0.25) is 0 Å². The van der Waals surface area contributed by atoms with Crippen molar-refractivity contribution in [3.8, 4) is 0 Å². The minimum absolute atomic E-state index is 0.151. The minimum atomic E-state index is -0.151. The van der Waals surface area contributed by atoms with Crippen molar-refractivity contribution in [2.24, 2.45) is 0 Å². The number of thioether (sulfide) groups is 1. The van der Waals surface area contributed by atoms with Crippen LogP contribution in [0.25, 0.3) is 0 Å². The molecule has 4 nitrogen and oxygen atoms in total. The van der Waals surface area contributed by atoms with E-state index >= 15 is 0 Å². The molecule has 2 rings (SSSR count). The van der Waals surface area contributed by atoms with Gasteiger partial charge >= 0.3 is 0 Å². The second-order valence-electron chi connectivity index (χ2n) is 3.59. The minimum Gasteiger partial charge on any atom is -0.301 e. The molecule has 94 valence electrons. The standard InChI is InChI=1S/C12H12N2O2S2/c15-9(10-4-2-7-17-10)3-1-8-18-12-13-6-5-11(16)14-12/h2,4-7H,1,3,8H2,(H,13,14,16). The summed E-state index contributed by atoms with van der Waals surface area (Å²) in [5, 5.41) is 2.51. The number of hydrogen-bond donors (Lipinski definition) is 1. The van der Waals surface area contributed by atoms with Crippen LogP contribution in [0.5, 0.6) is 0 Å². The Morgan fingerprint density at radius 2 is 2.33 bits per heavy atom. The van der Waals surface area contributed by atoms with Crippen molar-refractivity contribution < 1.29 is 4.79 Å². The van der Waals surface area contributed by atoms with Gasteiger partial charge in [0, 0.05) is 24.4 Å². The van der Waals surface area contributed by atoms with Gasteiger partial charge in [-0.05, 0) is 17.9 Å². The zero-order valence-corrected chi connectivity index (χ0v) is 11.2. The third kappa shape index (κ3) is 3.82. The number of carbonyl (C=O) groups excluding carboxylic acids is 1. The zero-order chi connectivity index (χ0) is 12.8. The first-order chi connectivity index (χ1) is 8.75. The lowest BCUT2D eigenvalue weighted by molar-refractivity contribution is 0.0986. The summed E-state index contributed by atoms with van der Waals surface area (Å²) in [6.45, 7) is 0. The van der Waals surface area contributed by atoms with E-state index in [-0.39, 0.29) is 11.3 Å². The fourth-order valence-corrected chi connectivity index (χ4v) is 2.87. The summed E-state index contributed by atoms with van der Waals surface area (Å²) in [5.41, 5.74) is -0.151. The molecule has 2 aromatic rings. The van der Waals surface area contributed by atoms with Crippen molar-refractivity contribution in [1.82, 2.24) is 9.97 Å². The molecular weight excluding hydrogens is 268 g/mol. The van der Waals surface area contributed by atoms with E-state index in [1.54, 1.807) is 0 Å². The van der Waals surface area contributed by atoms with Crippen LogP contribution in [-0.4, -0.2) is 21.5 Å². The monoisotopic (exact) mass is 280 g/mol. The number of aromatic nitrogens is 2. The molecule has 0 spiro atoms. The molecule has 6 heteroatoms. The van der Waals surface area contributed by atoms with Gasteiger partial charge in [0.2, 0.25) is 0 Å². The normalized spacial score (nSPS) is 10.4. The van der Waals surface area contributed by atoms with Crippen LogP contribution in [0.1, 0.15) is 22.5 Å². The summed E-state index contributed by atoms with van der Waals surface area (Å²) in [6, 6.07) is 5.10. The SMILES string of the molecule is O=C(CCCSc1nccc(=O)[nH]1)c1cccs1. The highest BCUT2D eigenvalue weighted by atomic mass is 32.2. The van der Waals surface area contributed by atoms with Crippen LogP contribution in [0.3, 0.4) is 0 Å². The number of thiophene rings is 1. The highest BCUT2D eigenvalue weighted by Gasteiger charge is 2.06. The second-order valence-corrected chi connectivity index (χ2v) is 5.62. The van der Waals surface area contributed by atoms with Gasteiger partial charge in [0.05, 0.1) is 4.88 Å². The second kappa shape index (κ2) is 6.51. The molecule has 0 aliphatic rings. The van der Waals surface area contributed by atoms with Crippen LogP contribution < -0.4 is 5.56 Å². The number of ketones is 1. The zero-order valence-electron chi connectivity index (χ0n) is 9.59. The van der Waals surface area contributed by atoms with Gasteiger partial charge in [-0.1, -0.05) is 17.8 Å². The molecule has 0 saturated carbocycles. The molecule has 0 fully saturated rings. The fraction of sp³-hybridized carbons (Fsp3) is 0.250. The Hall–Kier alpha value is -1.40. The quantitative estimate of drug-likeness (QED) is 0.382. The van der Waals surface area contributed by atoms with E-state index in [1.165, 1.54) is 35.4 Å². The number of nitrogens with zero attached hydrogens (tertiary/aromatic N) is 1. The Kier molecular flexibility index (Phi) is 4.72. The average Bonchev–Trinajstić information content (AvgIpc) is 2.88. The van der Waals surface area contributed by atoms with Crippen LogP contribution in [0, 0.1) is 0 Å². The molecule has 0 amide bonds. The van der Waals surface area contributed by atoms with E-state index in [0.29, 0.717) is 11.6 Å². The Bertz CT molecular complexity index is 563. The summed E-state index contributed by atoms with van der Waals surface area (Å²) in [6.07, 6.45) is 2.79. The van der Waals surface area contributed by atoms with Gasteiger partial charge in [-0.25, -0.2) is 4.98 Å². The summed E-state index contributed by atoms with van der Waals surface area (Å²) in [4.78, 5) is 30.2. The third-order valence-electron chi connectivity index (χ3n) is 2.23. The number of hydrogen-bond acceptors (Lipinski definition) is 5. The number of H-pyrrole nitrogens is 1. The molecule has 2 aromatic heterocycles. The average molecular weight is 280 g/mol. The number of Topliss-reactive ketones (excluding diaryl/α,β-unsaturated/α-hetero) is 1. The van der Waals surface area contributed by atoms with Crippen LogP contribution in [0.15, 0.2) is 39.7 Å². The summed E-state index contributed by atoms with van der Waals surface area (Å²) in [7, 11) is 0. The molecule has 0 unspecified atom stereocenters. The predicted molar refractivity (Wildman–Crippen MR) is 73.5 cm³/mol. The molecule has 0 aliphatic carbocycles. The van der Waals surface area contributed by atoms with E-state index in [9.17, 15) is 9.59 Å². The van der Waals surface area contributed by atoms with Crippen molar-refractivity contribution in [2.75, 3.05) is 5.75 Å².